The maximum atomic E-state index is 11.3. The minimum Gasteiger partial charge on any atom is -0.310 e. The van der Waals surface area contributed by atoms with E-state index in [1.165, 1.54) is 0 Å². The van der Waals surface area contributed by atoms with Crippen molar-refractivity contribution in [3.8, 4) is 0 Å². The van der Waals surface area contributed by atoms with E-state index < -0.39 is 9.84 Å². The molecule has 0 saturated carbocycles. The van der Waals surface area contributed by atoms with E-state index in [-0.39, 0.29) is 11.5 Å². The minimum absolute atomic E-state index is 0.226. The van der Waals surface area contributed by atoms with E-state index in [1.54, 1.807) is 0 Å². The lowest BCUT2D eigenvalue weighted by atomic mass is 10.5. The SMILES string of the molecule is C=C(C)N1CCS(=O)(=O)CCN1C. The lowest BCUT2D eigenvalue weighted by molar-refractivity contribution is 0.0537. The molecule has 5 heteroatoms. The molecule has 1 heterocycles. The van der Waals surface area contributed by atoms with E-state index in [0.29, 0.717) is 13.1 Å². The molecular formula is C8H16N2O2S. The summed E-state index contributed by atoms with van der Waals surface area (Å²) >= 11 is 0. The highest BCUT2D eigenvalue weighted by molar-refractivity contribution is 7.91. The van der Waals surface area contributed by atoms with Gasteiger partial charge in [0.15, 0.2) is 9.84 Å². The van der Waals surface area contributed by atoms with Crippen LogP contribution in [0.15, 0.2) is 12.3 Å². The van der Waals surface area contributed by atoms with E-state index in [4.69, 9.17) is 0 Å². The maximum Gasteiger partial charge on any atom is 0.153 e. The Morgan fingerprint density at radius 3 is 2.38 bits per heavy atom. The Bertz CT molecular complexity index is 297. The topological polar surface area (TPSA) is 40.6 Å². The summed E-state index contributed by atoms with van der Waals surface area (Å²) in [6.07, 6.45) is 0. The fourth-order valence-corrected chi connectivity index (χ4v) is 2.57. The summed E-state index contributed by atoms with van der Waals surface area (Å²) < 4.78 is 22.6. The zero-order valence-electron chi connectivity index (χ0n) is 8.15. The van der Waals surface area contributed by atoms with Crippen molar-refractivity contribution in [2.24, 2.45) is 0 Å². The van der Waals surface area contributed by atoms with Crippen molar-refractivity contribution in [2.75, 3.05) is 31.6 Å². The van der Waals surface area contributed by atoms with Crippen LogP contribution in [0, 0.1) is 0 Å². The number of allylic oxidation sites excluding steroid dienone is 1. The van der Waals surface area contributed by atoms with Gasteiger partial charge < -0.3 is 5.01 Å². The monoisotopic (exact) mass is 204 g/mol. The van der Waals surface area contributed by atoms with Gasteiger partial charge in [-0.3, -0.25) is 0 Å². The summed E-state index contributed by atoms with van der Waals surface area (Å²) in [6, 6.07) is 0. The van der Waals surface area contributed by atoms with Crippen LogP contribution < -0.4 is 0 Å². The summed E-state index contributed by atoms with van der Waals surface area (Å²) in [5, 5.41) is 3.82. The van der Waals surface area contributed by atoms with E-state index in [2.05, 4.69) is 6.58 Å². The number of hydrogen-bond donors (Lipinski definition) is 0. The summed E-state index contributed by atoms with van der Waals surface area (Å²) in [5.74, 6) is 0.470. The molecule has 0 aromatic heterocycles. The molecular weight excluding hydrogens is 188 g/mol. The Kier molecular flexibility index (Phi) is 2.98. The second-order valence-corrected chi connectivity index (χ2v) is 5.70. The van der Waals surface area contributed by atoms with Crippen LogP contribution >= 0.6 is 0 Å². The van der Waals surface area contributed by atoms with Gasteiger partial charge in [0.1, 0.15) is 0 Å². The third-order valence-electron chi connectivity index (χ3n) is 2.19. The van der Waals surface area contributed by atoms with Crippen LogP contribution in [0.3, 0.4) is 0 Å². The highest BCUT2D eigenvalue weighted by atomic mass is 32.2. The molecule has 0 amide bonds. The molecule has 1 aliphatic heterocycles. The van der Waals surface area contributed by atoms with E-state index >= 15 is 0 Å². The number of hydrazine groups is 1. The minimum atomic E-state index is -2.84. The molecule has 1 rings (SSSR count). The molecule has 0 spiro atoms. The van der Waals surface area contributed by atoms with Crippen LogP contribution in [0.5, 0.6) is 0 Å². The maximum absolute atomic E-state index is 11.3. The number of nitrogens with zero attached hydrogens (tertiary/aromatic N) is 2. The van der Waals surface area contributed by atoms with Gasteiger partial charge in [0.05, 0.1) is 11.5 Å². The van der Waals surface area contributed by atoms with E-state index in [0.717, 1.165) is 5.70 Å². The van der Waals surface area contributed by atoms with Crippen LogP contribution in [0.4, 0.5) is 0 Å². The normalized spacial score (nSPS) is 24.0. The fraction of sp³-hybridized carbons (Fsp3) is 0.750. The third-order valence-corrected chi connectivity index (χ3v) is 3.80. The largest absolute Gasteiger partial charge is 0.310 e. The lowest BCUT2D eigenvalue weighted by Gasteiger charge is -2.31. The molecule has 0 unspecified atom stereocenters. The average molecular weight is 204 g/mol. The molecule has 0 aromatic rings. The molecule has 1 fully saturated rings. The Balaban J connectivity index is 2.76. The first-order valence-corrected chi connectivity index (χ1v) is 6.09. The molecule has 4 nitrogen and oxygen atoms in total. The van der Waals surface area contributed by atoms with Gasteiger partial charge in [-0.05, 0) is 6.92 Å². The van der Waals surface area contributed by atoms with Crippen molar-refractivity contribution < 1.29 is 8.42 Å². The first-order valence-electron chi connectivity index (χ1n) is 4.27. The third kappa shape index (κ3) is 2.70. The Hall–Kier alpha value is -0.550. The van der Waals surface area contributed by atoms with E-state index in [1.807, 2.05) is 24.0 Å². The van der Waals surface area contributed by atoms with Gasteiger partial charge in [-0.2, -0.15) is 0 Å². The Labute approximate surface area is 79.7 Å². The van der Waals surface area contributed by atoms with Gasteiger partial charge >= 0.3 is 0 Å². The van der Waals surface area contributed by atoms with Crippen LogP contribution in [-0.2, 0) is 9.84 Å². The molecule has 13 heavy (non-hydrogen) atoms. The summed E-state index contributed by atoms with van der Waals surface area (Å²) in [5.41, 5.74) is 0.889. The number of rotatable bonds is 1. The van der Waals surface area contributed by atoms with Crippen LogP contribution in [0.2, 0.25) is 0 Å². The Morgan fingerprint density at radius 1 is 1.31 bits per heavy atom. The van der Waals surface area contributed by atoms with E-state index in [9.17, 15) is 8.42 Å². The lowest BCUT2D eigenvalue weighted by Crippen LogP contribution is -2.38. The molecule has 0 N–H and O–H groups in total. The smallest absolute Gasteiger partial charge is 0.153 e. The molecule has 76 valence electrons. The summed E-state index contributed by atoms with van der Waals surface area (Å²) in [7, 11) is -0.959. The predicted molar refractivity (Wildman–Crippen MR) is 52.8 cm³/mol. The number of hydrogen-bond acceptors (Lipinski definition) is 4. The molecule has 0 aliphatic carbocycles. The van der Waals surface area contributed by atoms with Crippen LogP contribution in [-0.4, -0.2) is 50.1 Å². The average Bonchev–Trinajstić information content (AvgIpc) is 2.11. The van der Waals surface area contributed by atoms with Gasteiger partial charge in [-0.1, -0.05) is 6.58 Å². The fourth-order valence-electron chi connectivity index (χ4n) is 1.37. The van der Waals surface area contributed by atoms with Gasteiger partial charge in [0, 0.05) is 25.8 Å². The highest BCUT2D eigenvalue weighted by Gasteiger charge is 2.22. The summed E-state index contributed by atoms with van der Waals surface area (Å²) in [6.45, 7) is 6.76. The quantitative estimate of drug-likeness (QED) is 0.607. The molecule has 1 saturated heterocycles. The zero-order chi connectivity index (χ0) is 10.1. The van der Waals surface area contributed by atoms with Gasteiger partial charge in [0.2, 0.25) is 0 Å². The van der Waals surface area contributed by atoms with Gasteiger partial charge in [-0.15, -0.1) is 0 Å². The Morgan fingerprint density at radius 2 is 1.85 bits per heavy atom. The summed E-state index contributed by atoms with van der Waals surface area (Å²) in [4.78, 5) is 0. The first kappa shape index (κ1) is 10.5. The second-order valence-electron chi connectivity index (χ2n) is 3.39. The van der Waals surface area contributed by atoms with Crippen molar-refractivity contribution in [1.82, 2.24) is 10.0 Å². The van der Waals surface area contributed by atoms with Crippen LogP contribution in [0.1, 0.15) is 6.92 Å². The van der Waals surface area contributed by atoms with Gasteiger partial charge in [0.25, 0.3) is 0 Å². The van der Waals surface area contributed by atoms with Crippen LogP contribution in [0.25, 0.3) is 0 Å². The van der Waals surface area contributed by atoms with Gasteiger partial charge in [-0.25, -0.2) is 13.4 Å². The van der Waals surface area contributed by atoms with Crippen molar-refractivity contribution in [3.05, 3.63) is 12.3 Å². The predicted octanol–water partition coefficient (Wildman–Crippen LogP) is 0.0972. The second kappa shape index (κ2) is 3.67. The molecule has 0 radical (unpaired) electrons. The zero-order valence-corrected chi connectivity index (χ0v) is 8.97. The van der Waals surface area contributed by atoms with Crippen molar-refractivity contribution in [2.45, 2.75) is 6.92 Å². The first-order chi connectivity index (χ1) is 5.92. The van der Waals surface area contributed by atoms with Crippen molar-refractivity contribution in [1.29, 1.82) is 0 Å². The van der Waals surface area contributed by atoms with Crippen molar-refractivity contribution >= 4 is 9.84 Å². The highest BCUT2D eigenvalue weighted by Crippen LogP contribution is 2.09. The molecule has 0 bridgehead atoms. The van der Waals surface area contributed by atoms with Crippen molar-refractivity contribution in [3.63, 3.8) is 0 Å². The number of sulfone groups is 1. The molecule has 0 atom stereocenters. The molecule has 0 aromatic carbocycles. The standard InChI is InChI=1S/C8H16N2O2S/c1-8(2)10-5-7-13(11,12)6-4-9(10)3/h1,4-7H2,2-3H3. The molecule has 1 aliphatic rings.